The summed E-state index contributed by atoms with van der Waals surface area (Å²) >= 11 is 0. The summed E-state index contributed by atoms with van der Waals surface area (Å²) in [4.78, 5) is 36.7. The van der Waals surface area contributed by atoms with E-state index >= 15 is 0 Å². The van der Waals surface area contributed by atoms with Crippen molar-refractivity contribution < 1.29 is 38.2 Å². The number of nitrogens with zero attached hydrogens (tertiary/aromatic N) is 1. The number of carboxylic acids is 1. The third kappa shape index (κ3) is 32.7. The lowest BCUT2D eigenvalue weighted by Crippen LogP contribution is -2.50. The van der Waals surface area contributed by atoms with Gasteiger partial charge < -0.3 is 23.8 Å². The largest absolute Gasteiger partial charge is 0.477 e. The van der Waals surface area contributed by atoms with Crippen LogP contribution in [-0.4, -0.2) is 80.6 Å². The highest BCUT2D eigenvalue weighted by Gasteiger charge is 2.31. The molecule has 0 aliphatic rings. The van der Waals surface area contributed by atoms with E-state index in [2.05, 4.69) is 74.6 Å². The Morgan fingerprint density at radius 2 is 1.08 bits per heavy atom. The van der Waals surface area contributed by atoms with Gasteiger partial charge in [-0.25, -0.2) is 4.79 Å². The number of hydrogen-bond acceptors (Lipinski definition) is 6. The second kappa shape index (κ2) is 34.8. The smallest absolute Gasteiger partial charge is 0.362 e. The number of carbonyl (C=O) groups excluding carboxylic acids is 2. The first-order valence-electron chi connectivity index (χ1n) is 20.0. The lowest BCUT2D eigenvalue weighted by Gasteiger charge is -2.31. The zero-order chi connectivity index (χ0) is 38.5. The summed E-state index contributed by atoms with van der Waals surface area (Å²) < 4.78 is 17.1. The second-order valence-electron chi connectivity index (χ2n) is 14.2. The quantitative estimate of drug-likeness (QED) is 0.0305. The molecule has 0 radical (unpaired) electrons. The number of aliphatic carboxylic acids is 1. The standard InChI is InChI=1S/C44H73NO7/c1-6-8-10-12-14-16-17-18-19-20-21-22-23-24-25-27-29-31-33-35-43(47)52-40(38-50-37-36-41(44(48)49)45(3,4)5)39-51-42(46)34-32-30-28-26-15-13-11-9-7-2/h8,10,14,16,18-19,21-22,24-25,29,31,40-41H,6-7,9,11-13,15,17,20,23,26-28,30,32-39H2,1-5H3/p+1/b10-8+,16-14+,19-18+,22-21+,25-24+,31-29+. The predicted molar refractivity (Wildman–Crippen MR) is 215 cm³/mol. The maximum absolute atomic E-state index is 12.6. The molecule has 8 heteroatoms. The molecule has 0 aromatic rings. The zero-order valence-electron chi connectivity index (χ0n) is 33.5. The fraction of sp³-hybridized carbons (Fsp3) is 0.659. The van der Waals surface area contributed by atoms with Crippen molar-refractivity contribution in [1.82, 2.24) is 0 Å². The monoisotopic (exact) mass is 729 g/mol. The van der Waals surface area contributed by atoms with E-state index in [0.717, 1.165) is 57.8 Å². The molecule has 52 heavy (non-hydrogen) atoms. The van der Waals surface area contributed by atoms with Gasteiger partial charge >= 0.3 is 17.9 Å². The van der Waals surface area contributed by atoms with Crippen LogP contribution in [0.4, 0.5) is 0 Å². The molecular weight excluding hydrogens is 654 g/mol. The van der Waals surface area contributed by atoms with E-state index in [1.165, 1.54) is 38.5 Å². The number of carbonyl (C=O) groups is 3. The van der Waals surface area contributed by atoms with Crippen LogP contribution in [0.25, 0.3) is 0 Å². The fourth-order valence-electron chi connectivity index (χ4n) is 5.29. The van der Waals surface area contributed by atoms with Gasteiger partial charge in [0, 0.05) is 19.3 Å². The first-order chi connectivity index (χ1) is 25.1. The van der Waals surface area contributed by atoms with Crippen molar-refractivity contribution in [1.29, 1.82) is 0 Å². The molecule has 0 aliphatic heterocycles. The number of carboxylic acid groups (broad SMARTS) is 1. The second-order valence-corrected chi connectivity index (χ2v) is 14.2. The lowest BCUT2D eigenvalue weighted by molar-refractivity contribution is -0.887. The molecule has 0 heterocycles. The van der Waals surface area contributed by atoms with E-state index in [9.17, 15) is 19.5 Å². The molecule has 2 atom stereocenters. The number of quaternary nitrogens is 1. The summed E-state index contributed by atoms with van der Waals surface area (Å²) in [7, 11) is 5.48. The van der Waals surface area contributed by atoms with Gasteiger partial charge in [0.05, 0.1) is 34.4 Å². The SMILES string of the molecule is CC/C=C/C/C=C/C/C=C/C/C=C/C/C=C/C/C=C/CCC(=O)OC(COCCC(C(=O)O)[N+](C)(C)C)COC(=O)CCCCCCCCCCC. The minimum Gasteiger partial charge on any atom is -0.477 e. The molecule has 0 aromatic carbocycles. The van der Waals surface area contributed by atoms with Crippen molar-refractivity contribution in [3.63, 3.8) is 0 Å². The third-order valence-electron chi connectivity index (χ3n) is 8.38. The van der Waals surface area contributed by atoms with Gasteiger partial charge in [-0.1, -0.05) is 138 Å². The number of rotatable bonds is 34. The van der Waals surface area contributed by atoms with Crippen molar-refractivity contribution in [3.8, 4) is 0 Å². The third-order valence-corrected chi connectivity index (χ3v) is 8.38. The van der Waals surface area contributed by atoms with E-state index in [0.29, 0.717) is 19.3 Å². The van der Waals surface area contributed by atoms with E-state index in [1.54, 1.807) is 0 Å². The number of ether oxygens (including phenoxy) is 3. The topological polar surface area (TPSA) is 99.1 Å². The van der Waals surface area contributed by atoms with Gasteiger partial charge in [-0.3, -0.25) is 9.59 Å². The Bertz CT molecular complexity index is 1080. The molecule has 0 rings (SSSR count). The summed E-state index contributed by atoms with van der Waals surface area (Å²) in [5.74, 6) is -1.59. The molecule has 8 nitrogen and oxygen atoms in total. The normalized spacial score (nSPS) is 13.8. The van der Waals surface area contributed by atoms with Gasteiger partial charge in [-0.2, -0.15) is 0 Å². The molecule has 0 aliphatic carbocycles. The maximum atomic E-state index is 12.6. The van der Waals surface area contributed by atoms with Crippen LogP contribution >= 0.6 is 0 Å². The van der Waals surface area contributed by atoms with Gasteiger partial charge in [0.1, 0.15) is 6.61 Å². The Kier molecular flexibility index (Phi) is 32.7. The summed E-state index contributed by atoms with van der Waals surface area (Å²) in [6, 6.07) is -0.628. The average Bonchev–Trinajstić information content (AvgIpc) is 3.09. The van der Waals surface area contributed by atoms with E-state index < -0.39 is 24.1 Å². The highest BCUT2D eigenvalue weighted by atomic mass is 16.6. The Labute approximate surface area is 317 Å². The Morgan fingerprint density at radius 3 is 1.56 bits per heavy atom. The van der Waals surface area contributed by atoms with Crippen LogP contribution in [0.15, 0.2) is 72.9 Å². The van der Waals surface area contributed by atoms with Gasteiger partial charge in [0.15, 0.2) is 12.1 Å². The predicted octanol–water partition coefficient (Wildman–Crippen LogP) is 10.4. The minimum atomic E-state index is -0.890. The van der Waals surface area contributed by atoms with Gasteiger partial charge in [-0.15, -0.1) is 0 Å². The average molecular weight is 729 g/mol. The van der Waals surface area contributed by atoms with Crippen molar-refractivity contribution in [3.05, 3.63) is 72.9 Å². The Hall–Kier alpha value is -3.23. The molecule has 0 aromatic heterocycles. The highest BCUT2D eigenvalue weighted by Crippen LogP contribution is 2.12. The van der Waals surface area contributed by atoms with Crippen LogP contribution in [0, 0.1) is 0 Å². The van der Waals surface area contributed by atoms with Gasteiger partial charge in [0.25, 0.3) is 0 Å². The van der Waals surface area contributed by atoms with E-state index in [4.69, 9.17) is 14.2 Å². The van der Waals surface area contributed by atoms with Crippen molar-refractivity contribution in [2.45, 2.75) is 148 Å². The number of unbranched alkanes of at least 4 members (excludes halogenated alkanes) is 8. The molecule has 0 saturated heterocycles. The maximum Gasteiger partial charge on any atom is 0.362 e. The lowest BCUT2D eigenvalue weighted by atomic mass is 10.1. The number of likely N-dealkylation sites (N-methyl/N-ethyl adjacent to an activating group) is 1. The first kappa shape index (κ1) is 48.8. The fourth-order valence-corrected chi connectivity index (χ4v) is 5.29. The Balaban J connectivity index is 4.53. The molecule has 2 unspecified atom stereocenters. The van der Waals surface area contributed by atoms with Crippen LogP contribution < -0.4 is 0 Å². The molecule has 0 spiro atoms. The van der Waals surface area contributed by atoms with Gasteiger partial charge in [-0.05, 0) is 51.4 Å². The molecule has 1 N–H and O–H groups in total. The minimum absolute atomic E-state index is 0.0282. The van der Waals surface area contributed by atoms with Crippen LogP contribution in [0.3, 0.4) is 0 Å². The van der Waals surface area contributed by atoms with Crippen molar-refractivity contribution in [2.24, 2.45) is 0 Å². The zero-order valence-corrected chi connectivity index (χ0v) is 33.5. The summed E-state index contributed by atoms with van der Waals surface area (Å²) in [5.41, 5.74) is 0. The molecular formula is C44H74NO7+. The van der Waals surface area contributed by atoms with Crippen LogP contribution in [-0.2, 0) is 28.6 Å². The van der Waals surface area contributed by atoms with Crippen molar-refractivity contribution in [2.75, 3.05) is 41.0 Å². The van der Waals surface area contributed by atoms with E-state index in [-0.39, 0.29) is 36.7 Å². The molecule has 0 bridgehead atoms. The first-order valence-corrected chi connectivity index (χ1v) is 20.0. The Morgan fingerprint density at radius 1 is 0.596 bits per heavy atom. The summed E-state index contributed by atoms with van der Waals surface area (Å²) in [6.45, 7) is 4.49. The molecule has 0 saturated carbocycles. The molecule has 296 valence electrons. The molecule has 0 amide bonds. The van der Waals surface area contributed by atoms with Crippen LogP contribution in [0.5, 0.6) is 0 Å². The number of allylic oxidation sites excluding steroid dienone is 12. The highest BCUT2D eigenvalue weighted by molar-refractivity contribution is 5.72. The van der Waals surface area contributed by atoms with Crippen LogP contribution in [0.1, 0.15) is 136 Å². The number of esters is 2. The van der Waals surface area contributed by atoms with Crippen molar-refractivity contribution >= 4 is 17.9 Å². The summed E-state index contributed by atoms with van der Waals surface area (Å²) in [5, 5.41) is 9.58. The summed E-state index contributed by atoms with van der Waals surface area (Å²) in [6.07, 6.45) is 42.5. The molecule has 0 fully saturated rings. The van der Waals surface area contributed by atoms with Gasteiger partial charge in [0.2, 0.25) is 0 Å². The number of hydrogen-bond donors (Lipinski definition) is 1. The van der Waals surface area contributed by atoms with Crippen LogP contribution in [0.2, 0.25) is 0 Å². The van der Waals surface area contributed by atoms with E-state index in [1.807, 2.05) is 33.3 Å².